The second kappa shape index (κ2) is 4.88. The van der Waals surface area contributed by atoms with Crippen LogP contribution in [0, 0.1) is 10.1 Å². The molecule has 1 aliphatic heterocycles. The minimum absolute atomic E-state index is 0.265. The Bertz CT molecular complexity index is 531. The summed E-state index contributed by atoms with van der Waals surface area (Å²) in [7, 11) is 0. The van der Waals surface area contributed by atoms with Crippen LogP contribution in [0.15, 0.2) is 39.4 Å². The van der Waals surface area contributed by atoms with E-state index in [4.69, 9.17) is 10.2 Å². The summed E-state index contributed by atoms with van der Waals surface area (Å²) in [6, 6.07) is 2.86. The van der Waals surface area contributed by atoms with E-state index in [1.54, 1.807) is 24.4 Å². The van der Waals surface area contributed by atoms with Crippen LogP contribution in [0.3, 0.4) is 0 Å². The van der Waals surface area contributed by atoms with Crippen LogP contribution in [0.1, 0.15) is 5.76 Å². The van der Waals surface area contributed by atoms with E-state index in [1.165, 1.54) is 17.8 Å². The Morgan fingerprint density at radius 1 is 1.53 bits per heavy atom. The summed E-state index contributed by atoms with van der Waals surface area (Å²) < 4.78 is 4.98. The number of thioether (sulfide) groups is 1. The first-order chi connectivity index (χ1) is 8.15. The van der Waals surface area contributed by atoms with Crippen molar-refractivity contribution in [3.8, 4) is 0 Å². The van der Waals surface area contributed by atoms with Crippen molar-refractivity contribution < 1.29 is 9.34 Å². The second-order valence-electron chi connectivity index (χ2n) is 3.23. The van der Waals surface area contributed by atoms with Crippen molar-refractivity contribution in [2.45, 2.75) is 0 Å². The van der Waals surface area contributed by atoms with E-state index in [0.29, 0.717) is 10.9 Å². The predicted molar refractivity (Wildman–Crippen MR) is 66.6 cm³/mol. The summed E-state index contributed by atoms with van der Waals surface area (Å²) in [4.78, 5) is 13.8. The lowest BCUT2D eigenvalue weighted by Crippen LogP contribution is -2.09. The monoisotopic (exact) mass is 251 g/mol. The fraction of sp³-hybridized carbons (Fsp3) is 0.100. The predicted octanol–water partition coefficient (Wildman–Crippen LogP) is 2.15. The SMILES string of the molecule is NC1=NC=C(/C=C/c2ccc([N+](=O)[O-])o2)CS1. The maximum absolute atomic E-state index is 10.4. The maximum Gasteiger partial charge on any atom is 0.433 e. The summed E-state index contributed by atoms with van der Waals surface area (Å²) in [5.41, 5.74) is 6.47. The lowest BCUT2D eigenvalue weighted by molar-refractivity contribution is -0.402. The highest BCUT2D eigenvalue weighted by molar-refractivity contribution is 8.14. The smallest absolute Gasteiger partial charge is 0.401 e. The number of amidine groups is 1. The standard InChI is InChI=1S/C10H9N3O3S/c11-10-12-5-7(6-17-10)1-2-8-3-4-9(16-8)13(14)15/h1-5H,6H2,(H2,11,12)/b2-1+. The van der Waals surface area contributed by atoms with Gasteiger partial charge in [0.15, 0.2) is 5.17 Å². The van der Waals surface area contributed by atoms with Crippen molar-refractivity contribution in [1.82, 2.24) is 0 Å². The molecule has 0 fully saturated rings. The lowest BCUT2D eigenvalue weighted by Gasteiger charge is -2.05. The van der Waals surface area contributed by atoms with Gasteiger partial charge in [0.2, 0.25) is 0 Å². The number of allylic oxidation sites excluding steroid dienone is 1. The molecule has 0 atom stereocenters. The normalized spacial score (nSPS) is 15.8. The highest BCUT2D eigenvalue weighted by atomic mass is 32.2. The molecule has 1 aromatic rings. The Labute approximate surface area is 101 Å². The van der Waals surface area contributed by atoms with Gasteiger partial charge >= 0.3 is 5.88 Å². The minimum atomic E-state index is -0.571. The molecule has 17 heavy (non-hydrogen) atoms. The van der Waals surface area contributed by atoms with Crippen LogP contribution in [0.5, 0.6) is 0 Å². The third-order valence-electron chi connectivity index (χ3n) is 2.00. The molecular formula is C10H9N3O3S. The molecule has 0 aromatic carbocycles. The highest BCUT2D eigenvalue weighted by Crippen LogP contribution is 2.19. The average molecular weight is 251 g/mol. The molecule has 0 spiro atoms. The fourth-order valence-corrected chi connectivity index (χ4v) is 1.80. The molecule has 0 radical (unpaired) electrons. The summed E-state index contributed by atoms with van der Waals surface area (Å²) in [6.45, 7) is 0. The Morgan fingerprint density at radius 2 is 2.35 bits per heavy atom. The first kappa shape index (κ1) is 11.5. The maximum atomic E-state index is 10.4. The zero-order chi connectivity index (χ0) is 12.3. The van der Waals surface area contributed by atoms with Crippen molar-refractivity contribution in [2.75, 3.05) is 5.75 Å². The summed E-state index contributed by atoms with van der Waals surface area (Å²) in [5, 5.41) is 10.9. The number of furan rings is 1. The number of nitro groups is 1. The highest BCUT2D eigenvalue weighted by Gasteiger charge is 2.10. The number of nitrogens with two attached hydrogens (primary N) is 1. The largest absolute Gasteiger partial charge is 0.433 e. The average Bonchev–Trinajstić information content (AvgIpc) is 2.77. The van der Waals surface area contributed by atoms with Crippen LogP contribution < -0.4 is 5.73 Å². The number of hydrogen-bond acceptors (Lipinski definition) is 6. The van der Waals surface area contributed by atoms with Gasteiger partial charge in [0.1, 0.15) is 10.7 Å². The number of aliphatic imine (C=N–C) groups is 1. The molecule has 0 saturated heterocycles. The molecule has 6 nitrogen and oxygen atoms in total. The topological polar surface area (TPSA) is 94.7 Å². The molecule has 2 N–H and O–H groups in total. The molecule has 0 amide bonds. The lowest BCUT2D eigenvalue weighted by atomic mass is 10.3. The van der Waals surface area contributed by atoms with Crippen molar-refractivity contribution in [2.24, 2.45) is 10.7 Å². The Morgan fingerprint density at radius 3 is 2.94 bits per heavy atom. The van der Waals surface area contributed by atoms with Crippen LogP contribution in [0.2, 0.25) is 0 Å². The zero-order valence-electron chi connectivity index (χ0n) is 8.70. The first-order valence-corrected chi connectivity index (χ1v) is 5.71. The Hall–Kier alpha value is -2.02. The van der Waals surface area contributed by atoms with Crippen LogP contribution in [0.4, 0.5) is 5.88 Å². The molecule has 0 saturated carbocycles. The van der Waals surface area contributed by atoms with Crippen LogP contribution in [0.25, 0.3) is 6.08 Å². The Kier molecular flexibility index (Phi) is 3.29. The van der Waals surface area contributed by atoms with Gasteiger partial charge in [-0.1, -0.05) is 17.8 Å². The molecule has 0 bridgehead atoms. The molecule has 2 heterocycles. The molecule has 1 aliphatic rings. The summed E-state index contributed by atoms with van der Waals surface area (Å²) in [5.74, 6) is 0.901. The van der Waals surface area contributed by atoms with Crippen molar-refractivity contribution in [3.05, 3.63) is 45.9 Å². The third-order valence-corrected chi connectivity index (χ3v) is 2.88. The van der Waals surface area contributed by atoms with Gasteiger partial charge in [0.25, 0.3) is 0 Å². The number of rotatable bonds is 3. The molecule has 0 aliphatic carbocycles. The van der Waals surface area contributed by atoms with Crippen molar-refractivity contribution >= 4 is 28.9 Å². The third kappa shape index (κ3) is 2.97. The van der Waals surface area contributed by atoms with Crippen LogP contribution >= 0.6 is 11.8 Å². The van der Waals surface area contributed by atoms with E-state index >= 15 is 0 Å². The number of nitrogens with zero attached hydrogens (tertiary/aromatic N) is 2. The van der Waals surface area contributed by atoms with Gasteiger partial charge < -0.3 is 10.2 Å². The molecule has 88 valence electrons. The molecule has 7 heteroatoms. The van der Waals surface area contributed by atoms with E-state index in [9.17, 15) is 10.1 Å². The van der Waals surface area contributed by atoms with Gasteiger partial charge in [0, 0.05) is 12.0 Å². The van der Waals surface area contributed by atoms with Crippen molar-refractivity contribution in [3.63, 3.8) is 0 Å². The quantitative estimate of drug-likeness (QED) is 0.656. The van der Waals surface area contributed by atoms with Crippen LogP contribution in [-0.2, 0) is 0 Å². The van der Waals surface area contributed by atoms with E-state index in [-0.39, 0.29) is 5.88 Å². The first-order valence-electron chi connectivity index (χ1n) is 4.72. The van der Waals surface area contributed by atoms with E-state index < -0.39 is 4.92 Å². The Balaban J connectivity index is 2.07. The van der Waals surface area contributed by atoms with Gasteiger partial charge in [-0.25, -0.2) is 4.99 Å². The molecule has 0 unspecified atom stereocenters. The molecule has 2 rings (SSSR count). The van der Waals surface area contributed by atoms with E-state index in [0.717, 1.165) is 11.3 Å². The van der Waals surface area contributed by atoms with Gasteiger partial charge in [-0.15, -0.1) is 0 Å². The van der Waals surface area contributed by atoms with E-state index in [1.807, 2.05) is 0 Å². The zero-order valence-corrected chi connectivity index (χ0v) is 9.52. The summed E-state index contributed by atoms with van der Waals surface area (Å²) in [6.07, 6.45) is 5.13. The van der Waals surface area contributed by atoms with Gasteiger partial charge in [-0.3, -0.25) is 10.1 Å². The number of hydrogen-bond donors (Lipinski definition) is 1. The second-order valence-corrected chi connectivity index (χ2v) is 4.22. The fourth-order valence-electron chi connectivity index (χ4n) is 1.19. The van der Waals surface area contributed by atoms with Gasteiger partial charge in [0.05, 0.1) is 6.07 Å². The van der Waals surface area contributed by atoms with E-state index in [2.05, 4.69) is 4.99 Å². The van der Waals surface area contributed by atoms with Gasteiger partial charge in [-0.05, 0) is 17.7 Å². The molecule has 1 aromatic heterocycles. The van der Waals surface area contributed by atoms with Gasteiger partial charge in [-0.2, -0.15) is 0 Å². The molecular weight excluding hydrogens is 242 g/mol. The minimum Gasteiger partial charge on any atom is -0.401 e. The summed E-state index contributed by atoms with van der Waals surface area (Å²) >= 11 is 1.44. The van der Waals surface area contributed by atoms with Crippen LogP contribution in [-0.4, -0.2) is 15.8 Å². The van der Waals surface area contributed by atoms with Crippen molar-refractivity contribution in [1.29, 1.82) is 0 Å².